The SMILES string of the molecule is NCc1ccc(COc2ccc(O)cc2)nc1. The smallest absolute Gasteiger partial charge is 0.130 e. The van der Waals surface area contributed by atoms with Crippen LogP contribution in [0.1, 0.15) is 11.3 Å². The molecule has 0 saturated carbocycles. The zero-order chi connectivity index (χ0) is 12.1. The Hall–Kier alpha value is -2.07. The molecule has 2 aromatic rings. The Morgan fingerprint density at radius 2 is 1.88 bits per heavy atom. The number of aromatic hydroxyl groups is 1. The number of nitrogens with two attached hydrogens (primary N) is 1. The molecule has 0 atom stereocenters. The maximum absolute atomic E-state index is 9.12. The van der Waals surface area contributed by atoms with Gasteiger partial charge in [0.15, 0.2) is 0 Å². The summed E-state index contributed by atoms with van der Waals surface area (Å²) in [6.45, 7) is 0.891. The average Bonchev–Trinajstić information content (AvgIpc) is 2.39. The summed E-state index contributed by atoms with van der Waals surface area (Å²) in [6.07, 6.45) is 1.75. The topological polar surface area (TPSA) is 68.4 Å². The molecule has 0 saturated heterocycles. The quantitative estimate of drug-likeness (QED) is 0.840. The summed E-state index contributed by atoms with van der Waals surface area (Å²) in [6, 6.07) is 10.4. The second-order valence-electron chi connectivity index (χ2n) is 3.64. The van der Waals surface area contributed by atoms with E-state index >= 15 is 0 Å². The van der Waals surface area contributed by atoms with E-state index in [1.807, 2.05) is 12.1 Å². The van der Waals surface area contributed by atoms with Crippen molar-refractivity contribution in [3.05, 3.63) is 53.9 Å². The number of pyridine rings is 1. The Bertz CT molecular complexity index is 466. The molecular formula is C13H14N2O2. The lowest BCUT2D eigenvalue weighted by molar-refractivity contribution is 0.301. The molecule has 0 aliphatic carbocycles. The maximum atomic E-state index is 9.12. The van der Waals surface area contributed by atoms with Gasteiger partial charge in [-0.15, -0.1) is 0 Å². The highest BCUT2D eigenvalue weighted by molar-refractivity contribution is 5.30. The molecule has 4 heteroatoms. The van der Waals surface area contributed by atoms with Crippen molar-refractivity contribution in [3.8, 4) is 11.5 Å². The van der Waals surface area contributed by atoms with Crippen LogP contribution >= 0.6 is 0 Å². The summed E-state index contributed by atoms with van der Waals surface area (Å²) in [7, 11) is 0. The van der Waals surface area contributed by atoms with Gasteiger partial charge < -0.3 is 15.6 Å². The molecule has 0 aliphatic heterocycles. The lowest BCUT2D eigenvalue weighted by atomic mass is 10.2. The first-order valence-electron chi connectivity index (χ1n) is 5.33. The van der Waals surface area contributed by atoms with Crippen molar-refractivity contribution in [2.75, 3.05) is 0 Å². The van der Waals surface area contributed by atoms with Gasteiger partial charge in [-0.25, -0.2) is 0 Å². The monoisotopic (exact) mass is 230 g/mol. The van der Waals surface area contributed by atoms with E-state index in [4.69, 9.17) is 15.6 Å². The molecule has 0 radical (unpaired) electrons. The van der Waals surface area contributed by atoms with Gasteiger partial charge >= 0.3 is 0 Å². The van der Waals surface area contributed by atoms with Crippen LogP contribution < -0.4 is 10.5 Å². The van der Waals surface area contributed by atoms with Gasteiger partial charge in [0.1, 0.15) is 18.1 Å². The molecule has 1 aromatic heterocycles. The number of ether oxygens (including phenoxy) is 1. The number of hydrogen-bond acceptors (Lipinski definition) is 4. The summed E-state index contributed by atoms with van der Waals surface area (Å²) in [5.41, 5.74) is 7.33. The third kappa shape index (κ3) is 3.19. The minimum Gasteiger partial charge on any atom is -0.508 e. The molecule has 0 bridgehead atoms. The van der Waals surface area contributed by atoms with Gasteiger partial charge in [-0.05, 0) is 35.9 Å². The maximum Gasteiger partial charge on any atom is 0.130 e. The van der Waals surface area contributed by atoms with Crippen molar-refractivity contribution in [2.45, 2.75) is 13.2 Å². The van der Waals surface area contributed by atoms with Crippen molar-refractivity contribution >= 4 is 0 Å². The minimum absolute atomic E-state index is 0.225. The largest absolute Gasteiger partial charge is 0.508 e. The van der Waals surface area contributed by atoms with Crippen LogP contribution in [0, 0.1) is 0 Å². The second kappa shape index (κ2) is 5.32. The lowest BCUT2D eigenvalue weighted by Crippen LogP contribution is -2.01. The molecule has 0 amide bonds. The highest BCUT2D eigenvalue weighted by Crippen LogP contribution is 2.16. The van der Waals surface area contributed by atoms with Crippen LogP contribution in [-0.4, -0.2) is 10.1 Å². The van der Waals surface area contributed by atoms with Crippen LogP contribution in [0.3, 0.4) is 0 Å². The van der Waals surface area contributed by atoms with E-state index in [-0.39, 0.29) is 5.75 Å². The van der Waals surface area contributed by atoms with Gasteiger partial charge in [-0.1, -0.05) is 6.07 Å². The second-order valence-corrected chi connectivity index (χ2v) is 3.64. The fraction of sp³-hybridized carbons (Fsp3) is 0.154. The first kappa shape index (κ1) is 11.4. The van der Waals surface area contributed by atoms with Crippen LogP contribution in [0.25, 0.3) is 0 Å². The van der Waals surface area contributed by atoms with Crippen LogP contribution in [0.2, 0.25) is 0 Å². The summed E-state index contributed by atoms with van der Waals surface area (Å²) in [5.74, 6) is 0.926. The van der Waals surface area contributed by atoms with E-state index in [0.717, 1.165) is 11.3 Å². The van der Waals surface area contributed by atoms with Crippen LogP contribution in [0.4, 0.5) is 0 Å². The fourth-order valence-corrected chi connectivity index (χ4v) is 1.36. The Balaban J connectivity index is 1.95. The summed E-state index contributed by atoms with van der Waals surface area (Å²) >= 11 is 0. The molecule has 0 fully saturated rings. The molecule has 0 unspecified atom stereocenters. The van der Waals surface area contributed by atoms with Crippen LogP contribution in [-0.2, 0) is 13.2 Å². The van der Waals surface area contributed by atoms with Gasteiger partial charge in [-0.2, -0.15) is 0 Å². The molecule has 0 spiro atoms. The average molecular weight is 230 g/mol. The van der Waals surface area contributed by atoms with Gasteiger partial charge in [-0.3, -0.25) is 4.98 Å². The first-order valence-corrected chi connectivity index (χ1v) is 5.33. The zero-order valence-corrected chi connectivity index (χ0v) is 9.34. The molecule has 1 heterocycles. The zero-order valence-electron chi connectivity index (χ0n) is 9.34. The van der Waals surface area contributed by atoms with E-state index in [1.165, 1.54) is 0 Å². The number of hydrogen-bond donors (Lipinski definition) is 2. The predicted molar refractivity (Wildman–Crippen MR) is 64.6 cm³/mol. The third-order valence-corrected chi connectivity index (χ3v) is 2.35. The van der Waals surface area contributed by atoms with Crippen molar-refractivity contribution in [1.82, 2.24) is 4.98 Å². The summed E-state index contributed by atoms with van der Waals surface area (Å²) < 4.78 is 5.52. The molecule has 1 aromatic carbocycles. The minimum atomic E-state index is 0.225. The lowest BCUT2D eigenvalue weighted by Gasteiger charge is -2.06. The van der Waals surface area contributed by atoms with E-state index in [9.17, 15) is 0 Å². The number of phenols is 1. The number of aromatic nitrogens is 1. The van der Waals surface area contributed by atoms with E-state index < -0.39 is 0 Å². The Labute approximate surface area is 99.7 Å². The summed E-state index contributed by atoms with van der Waals surface area (Å²) in [4.78, 5) is 4.23. The Morgan fingerprint density at radius 1 is 1.12 bits per heavy atom. The number of phenolic OH excluding ortho intramolecular Hbond substituents is 1. The van der Waals surface area contributed by atoms with Gasteiger partial charge in [0.05, 0.1) is 5.69 Å². The predicted octanol–water partition coefficient (Wildman–Crippen LogP) is 1.82. The molecule has 88 valence electrons. The van der Waals surface area contributed by atoms with Crippen molar-refractivity contribution in [2.24, 2.45) is 5.73 Å². The first-order chi connectivity index (χ1) is 8.28. The fourth-order valence-electron chi connectivity index (χ4n) is 1.36. The molecule has 17 heavy (non-hydrogen) atoms. The highest BCUT2D eigenvalue weighted by atomic mass is 16.5. The van der Waals surface area contributed by atoms with Crippen molar-refractivity contribution in [1.29, 1.82) is 0 Å². The normalized spacial score (nSPS) is 10.2. The van der Waals surface area contributed by atoms with Crippen molar-refractivity contribution < 1.29 is 9.84 Å². The number of nitrogens with zero attached hydrogens (tertiary/aromatic N) is 1. The van der Waals surface area contributed by atoms with Crippen LogP contribution in [0.5, 0.6) is 11.5 Å². The molecule has 0 aliphatic rings. The molecule has 2 rings (SSSR count). The van der Waals surface area contributed by atoms with Crippen LogP contribution in [0.15, 0.2) is 42.6 Å². The number of rotatable bonds is 4. The highest BCUT2D eigenvalue weighted by Gasteiger charge is 1.98. The van der Waals surface area contributed by atoms with Gasteiger partial charge in [0, 0.05) is 12.7 Å². The molecule has 4 nitrogen and oxygen atoms in total. The van der Waals surface area contributed by atoms with Crippen molar-refractivity contribution in [3.63, 3.8) is 0 Å². The molecular weight excluding hydrogens is 216 g/mol. The van der Waals surface area contributed by atoms with Gasteiger partial charge in [0.2, 0.25) is 0 Å². The van der Waals surface area contributed by atoms with Gasteiger partial charge in [0.25, 0.3) is 0 Å². The molecule has 3 N–H and O–H groups in total. The summed E-state index contributed by atoms with van der Waals surface area (Å²) in [5, 5.41) is 9.12. The third-order valence-electron chi connectivity index (χ3n) is 2.35. The van der Waals surface area contributed by atoms with E-state index in [2.05, 4.69) is 4.98 Å². The standard InChI is InChI=1S/C13H14N2O2/c14-7-10-1-2-11(15-8-10)9-17-13-5-3-12(16)4-6-13/h1-6,8,16H,7,9,14H2. The van der Waals surface area contributed by atoms with E-state index in [1.54, 1.807) is 30.5 Å². The Kier molecular flexibility index (Phi) is 3.57. The van der Waals surface area contributed by atoms with E-state index in [0.29, 0.717) is 18.9 Å². The number of benzene rings is 1. The Morgan fingerprint density at radius 3 is 2.47 bits per heavy atom.